The molecule has 0 spiro atoms. The standard InChI is InChI=1S/C20H18ClF3N2O2/c21-16-11-9-15(10-12-16)17-13-19(28,20(22,23)24)26(25-17)18(27)8-4-7-14-5-2-1-3-6-14/h1-3,5-6,9-12,28H,4,7-8,13H2. The average molecular weight is 411 g/mol. The Bertz CT molecular complexity index is 869. The van der Waals surface area contributed by atoms with Gasteiger partial charge in [-0.15, -0.1) is 0 Å². The lowest BCUT2D eigenvalue weighted by Gasteiger charge is -2.32. The predicted octanol–water partition coefficient (Wildman–Crippen LogP) is 4.55. The highest BCUT2D eigenvalue weighted by atomic mass is 35.5. The molecule has 0 radical (unpaired) electrons. The van der Waals surface area contributed by atoms with Gasteiger partial charge in [-0.3, -0.25) is 4.79 Å². The van der Waals surface area contributed by atoms with E-state index in [-0.39, 0.29) is 17.1 Å². The minimum absolute atomic E-state index is 0.0205. The van der Waals surface area contributed by atoms with Crippen molar-refractivity contribution in [2.45, 2.75) is 37.6 Å². The summed E-state index contributed by atoms with van der Waals surface area (Å²) in [6.07, 6.45) is -5.15. The van der Waals surface area contributed by atoms with E-state index < -0.39 is 24.2 Å². The summed E-state index contributed by atoms with van der Waals surface area (Å²) in [4.78, 5) is 12.5. The van der Waals surface area contributed by atoms with Crippen molar-refractivity contribution < 1.29 is 23.1 Å². The van der Waals surface area contributed by atoms with Crippen LogP contribution >= 0.6 is 11.6 Å². The molecule has 0 saturated carbocycles. The van der Waals surface area contributed by atoms with Crippen LogP contribution in [0.1, 0.15) is 30.4 Å². The first-order valence-corrected chi connectivity index (χ1v) is 9.08. The van der Waals surface area contributed by atoms with Crippen LogP contribution in [0.2, 0.25) is 5.02 Å². The van der Waals surface area contributed by atoms with Gasteiger partial charge >= 0.3 is 6.18 Å². The maximum Gasteiger partial charge on any atom is 0.438 e. The molecule has 4 nitrogen and oxygen atoms in total. The highest BCUT2D eigenvalue weighted by Crippen LogP contribution is 2.41. The van der Waals surface area contributed by atoms with Gasteiger partial charge in [-0.2, -0.15) is 23.3 Å². The van der Waals surface area contributed by atoms with Crippen LogP contribution in [0.5, 0.6) is 0 Å². The minimum atomic E-state index is -5.04. The molecule has 0 aliphatic carbocycles. The number of rotatable bonds is 5. The number of alkyl halides is 3. The Balaban J connectivity index is 1.77. The van der Waals surface area contributed by atoms with Gasteiger partial charge in [-0.1, -0.05) is 54.1 Å². The van der Waals surface area contributed by atoms with Crippen molar-refractivity contribution >= 4 is 23.2 Å². The van der Waals surface area contributed by atoms with Crippen molar-refractivity contribution in [3.8, 4) is 0 Å². The lowest BCUT2D eigenvalue weighted by molar-refractivity contribution is -0.302. The summed E-state index contributed by atoms with van der Waals surface area (Å²) in [5.74, 6) is -0.875. The van der Waals surface area contributed by atoms with Crippen LogP contribution in [-0.2, 0) is 11.2 Å². The molecule has 8 heteroatoms. The molecule has 0 fully saturated rings. The number of carbonyl (C=O) groups is 1. The quantitative estimate of drug-likeness (QED) is 0.786. The molecule has 1 amide bonds. The first kappa shape index (κ1) is 20.4. The normalized spacial score (nSPS) is 19.6. The number of amides is 1. The third-order valence-electron chi connectivity index (χ3n) is 4.55. The maximum atomic E-state index is 13.6. The summed E-state index contributed by atoms with van der Waals surface area (Å²) >= 11 is 5.80. The molecule has 1 aliphatic heterocycles. The fourth-order valence-electron chi connectivity index (χ4n) is 3.03. The van der Waals surface area contributed by atoms with Gasteiger partial charge in [-0.25, -0.2) is 0 Å². The molecule has 2 aromatic rings. The van der Waals surface area contributed by atoms with Crippen molar-refractivity contribution in [1.29, 1.82) is 0 Å². The Kier molecular flexibility index (Phi) is 5.76. The minimum Gasteiger partial charge on any atom is -0.362 e. The Labute approximate surface area is 165 Å². The van der Waals surface area contributed by atoms with Gasteiger partial charge in [0.05, 0.1) is 12.1 Å². The Morgan fingerprint density at radius 1 is 1.14 bits per heavy atom. The fourth-order valence-corrected chi connectivity index (χ4v) is 3.15. The Hall–Kier alpha value is -2.38. The van der Waals surface area contributed by atoms with Crippen molar-refractivity contribution in [3.05, 3.63) is 70.7 Å². The van der Waals surface area contributed by atoms with Gasteiger partial charge in [0.1, 0.15) is 0 Å². The molecule has 0 aromatic heterocycles. The largest absolute Gasteiger partial charge is 0.438 e. The summed E-state index contributed by atoms with van der Waals surface area (Å²) in [7, 11) is 0. The van der Waals surface area contributed by atoms with Crippen molar-refractivity contribution in [1.82, 2.24) is 5.01 Å². The van der Waals surface area contributed by atoms with Crippen LogP contribution in [-0.4, -0.2) is 33.6 Å². The molecule has 1 N–H and O–H groups in total. The zero-order chi connectivity index (χ0) is 20.4. The number of hydrogen-bond donors (Lipinski definition) is 1. The van der Waals surface area contributed by atoms with E-state index in [0.717, 1.165) is 5.56 Å². The van der Waals surface area contributed by atoms with E-state index >= 15 is 0 Å². The highest BCUT2D eigenvalue weighted by molar-refractivity contribution is 6.30. The smallest absolute Gasteiger partial charge is 0.362 e. The molecule has 28 heavy (non-hydrogen) atoms. The van der Waals surface area contributed by atoms with Gasteiger partial charge in [0.25, 0.3) is 5.72 Å². The Morgan fingerprint density at radius 2 is 1.79 bits per heavy atom. The molecule has 1 atom stereocenters. The van der Waals surface area contributed by atoms with Crippen LogP contribution in [0.25, 0.3) is 0 Å². The number of benzene rings is 2. The number of carbonyl (C=O) groups excluding carboxylic acids is 1. The molecule has 2 aromatic carbocycles. The zero-order valence-electron chi connectivity index (χ0n) is 14.8. The highest BCUT2D eigenvalue weighted by Gasteiger charge is 2.63. The van der Waals surface area contributed by atoms with Gasteiger partial charge in [-0.05, 0) is 36.1 Å². The molecule has 1 heterocycles. The second-order valence-electron chi connectivity index (χ2n) is 6.59. The molecular formula is C20H18ClF3N2O2. The third-order valence-corrected chi connectivity index (χ3v) is 4.80. The predicted molar refractivity (Wildman–Crippen MR) is 99.8 cm³/mol. The Morgan fingerprint density at radius 3 is 2.39 bits per heavy atom. The van der Waals surface area contributed by atoms with Crippen LogP contribution in [0.4, 0.5) is 13.2 Å². The monoisotopic (exact) mass is 410 g/mol. The third kappa shape index (κ3) is 4.20. The van der Waals surface area contributed by atoms with Crippen LogP contribution in [0.15, 0.2) is 59.7 Å². The average Bonchev–Trinajstić information content (AvgIpc) is 3.02. The number of hydrogen-bond acceptors (Lipinski definition) is 3. The molecule has 1 unspecified atom stereocenters. The summed E-state index contributed by atoms with van der Waals surface area (Å²) in [5, 5.41) is 14.7. The molecular weight excluding hydrogens is 393 g/mol. The second kappa shape index (κ2) is 7.93. The summed E-state index contributed by atoms with van der Waals surface area (Å²) in [6, 6.07) is 15.3. The number of aliphatic hydroxyl groups is 1. The SMILES string of the molecule is O=C(CCCc1ccccc1)N1N=C(c2ccc(Cl)cc2)CC1(O)C(F)(F)F. The molecule has 3 rings (SSSR count). The summed E-state index contributed by atoms with van der Waals surface area (Å²) < 4.78 is 40.7. The van der Waals surface area contributed by atoms with Crippen LogP contribution in [0.3, 0.4) is 0 Å². The molecule has 1 aliphatic rings. The maximum absolute atomic E-state index is 13.6. The van der Waals surface area contributed by atoms with Crippen molar-refractivity contribution in [3.63, 3.8) is 0 Å². The number of aryl methyl sites for hydroxylation is 1. The van der Waals surface area contributed by atoms with E-state index in [2.05, 4.69) is 5.10 Å². The van der Waals surface area contributed by atoms with Crippen molar-refractivity contribution in [2.75, 3.05) is 0 Å². The van der Waals surface area contributed by atoms with E-state index in [0.29, 0.717) is 23.4 Å². The van der Waals surface area contributed by atoms with Gasteiger partial charge in [0, 0.05) is 11.4 Å². The van der Waals surface area contributed by atoms with E-state index in [4.69, 9.17) is 11.6 Å². The number of hydrazone groups is 1. The first-order valence-electron chi connectivity index (χ1n) is 8.70. The fraction of sp³-hybridized carbons (Fsp3) is 0.300. The van der Waals surface area contributed by atoms with E-state index in [1.807, 2.05) is 30.3 Å². The van der Waals surface area contributed by atoms with E-state index in [1.165, 1.54) is 24.3 Å². The topological polar surface area (TPSA) is 52.9 Å². The summed E-state index contributed by atoms with van der Waals surface area (Å²) in [6.45, 7) is 0. The van der Waals surface area contributed by atoms with E-state index in [1.54, 1.807) is 0 Å². The van der Waals surface area contributed by atoms with Gasteiger partial charge < -0.3 is 5.11 Å². The number of nitrogens with zero attached hydrogens (tertiary/aromatic N) is 2. The van der Waals surface area contributed by atoms with Gasteiger partial charge in [0.2, 0.25) is 5.91 Å². The lowest BCUT2D eigenvalue weighted by atomic mass is 10.0. The lowest BCUT2D eigenvalue weighted by Crippen LogP contribution is -2.56. The first-order chi connectivity index (χ1) is 13.2. The molecule has 148 valence electrons. The van der Waals surface area contributed by atoms with Crippen LogP contribution in [0, 0.1) is 0 Å². The number of halogens is 4. The summed E-state index contributed by atoms with van der Waals surface area (Å²) in [5.41, 5.74) is -2.03. The van der Waals surface area contributed by atoms with Crippen LogP contribution < -0.4 is 0 Å². The second-order valence-corrected chi connectivity index (χ2v) is 7.03. The van der Waals surface area contributed by atoms with E-state index in [9.17, 15) is 23.1 Å². The van der Waals surface area contributed by atoms with Gasteiger partial charge in [0.15, 0.2) is 0 Å². The molecule has 0 bridgehead atoms. The molecule has 0 saturated heterocycles. The zero-order valence-corrected chi connectivity index (χ0v) is 15.5. The van der Waals surface area contributed by atoms with Crippen molar-refractivity contribution in [2.24, 2.45) is 5.10 Å².